The number of amides is 1. The van der Waals surface area contributed by atoms with Gasteiger partial charge in [-0.1, -0.05) is 0 Å². The largest absolute Gasteiger partial charge is 0.496 e. The van der Waals surface area contributed by atoms with Crippen molar-refractivity contribution in [2.24, 2.45) is 0 Å². The summed E-state index contributed by atoms with van der Waals surface area (Å²) in [6, 6.07) is 8.79. The number of thioether (sulfide) groups is 2. The quantitative estimate of drug-likeness (QED) is 0.406. The van der Waals surface area contributed by atoms with Crippen molar-refractivity contribution in [3.05, 3.63) is 47.0 Å². The second-order valence-corrected chi connectivity index (χ2v) is 7.55. The summed E-state index contributed by atoms with van der Waals surface area (Å²) in [4.78, 5) is 26.3. The lowest BCUT2D eigenvalue weighted by molar-refractivity contribution is -0.119. The van der Waals surface area contributed by atoms with E-state index in [2.05, 4.69) is 5.32 Å². The van der Waals surface area contributed by atoms with Crippen LogP contribution in [0.4, 0.5) is 5.69 Å². The molecule has 0 heterocycles. The molecule has 0 saturated carbocycles. The standard InChI is InChI=1S/C20H20N2O4S2/c1-12-7-15(28-11-21)8-13(2)19(12)22-18(23)10-26-20(24)16-6-5-14(27-4)9-17(16)25-3/h5-9H,10H2,1-4H3,(H,22,23). The first-order chi connectivity index (χ1) is 13.4. The molecule has 2 aromatic rings. The van der Waals surface area contributed by atoms with Crippen LogP contribution in [0, 0.1) is 24.5 Å². The van der Waals surface area contributed by atoms with Crippen molar-refractivity contribution >= 4 is 41.1 Å². The number of nitriles is 1. The van der Waals surface area contributed by atoms with Crippen LogP contribution in [0.15, 0.2) is 40.1 Å². The molecule has 146 valence electrons. The lowest BCUT2D eigenvalue weighted by Crippen LogP contribution is -2.22. The van der Waals surface area contributed by atoms with Crippen molar-refractivity contribution in [3.63, 3.8) is 0 Å². The molecule has 0 aromatic heterocycles. The minimum absolute atomic E-state index is 0.262. The van der Waals surface area contributed by atoms with Crippen molar-refractivity contribution in [3.8, 4) is 11.2 Å². The van der Waals surface area contributed by atoms with Gasteiger partial charge in [0.2, 0.25) is 0 Å². The van der Waals surface area contributed by atoms with Gasteiger partial charge in [0.05, 0.1) is 7.11 Å². The number of carbonyl (C=O) groups excluding carboxylic acids is 2. The summed E-state index contributed by atoms with van der Waals surface area (Å²) in [5, 5.41) is 13.6. The van der Waals surface area contributed by atoms with Crippen molar-refractivity contribution in [1.29, 1.82) is 5.26 Å². The summed E-state index contributed by atoms with van der Waals surface area (Å²) in [6.45, 7) is 3.27. The van der Waals surface area contributed by atoms with Crippen molar-refractivity contribution in [2.45, 2.75) is 23.6 Å². The van der Waals surface area contributed by atoms with Crippen LogP contribution < -0.4 is 10.1 Å². The highest BCUT2D eigenvalue weighted by atomic mass is 32.2. The lowest BCUT2D eigenvalue weighted by Gasteiger charge is -2.13. The van der Waals surface area contributed by atoms with Crippen LogP contribution in [-0.4, -0.2) is 31.8 Å². The fourth-order valence-corrected chi connectivity index (χ4v) is 3.59. The predicted molar refractivity (Wildman–Crippen MR) is 111 cm³/mol. The molecule has 1 amide bonds. The second kappa shape index (κ2) is 10.1. The number of benzene rings is 2. The summed E-state index contributed by atoms with van der Waals surface area (Å²) in [5.41, 5.74) is 2.56. The lowest BCUT2D eigenvalue weighted by atomic mass is 10.1. The highest BCUT2D eigenvalue weighted by Crippen LogP contribution is 2.28. The van der Waals surface area contributed by atoms with E-state index in [0.29, 0.717) is 11.4 Å². The molecule has 0 spiro atoms. The SMILES string of the molecule is COc1cc(SC)ccc1C(=O)OCC(=O)Nc1c(C)cc(SC#N)cc1C. The van der Waals surface area contributed by atoms with Gasteiger partial charge in [-0.2, -0.15) is 5.26 Å². The van der Waals surface area contributed by atoms with Gasteiger partial charge in [0, 0.05) is 15.5 Å². The summed E-state index contributed by atoms with van der Waals surface area (Å²) in [7, 11) is 1.47. The molecule has 0 aliphatic carbocycles. The van der Waals surface area contributed by atoms with Crippen LogP contribution >= 0.6 is 23.5 Å². The molecule has 0 saturated heterocycles. The third-order valence-electron chi connectivity index (χ3n) is 3.90. The average molecular weight is 417 g/mol. The van der Waals surface area contributed by atoms with E-state index in [1.807, 2.05) is 37.6 Å². The number of anilines is 1. The third-order valence-corrected chi connectivity index (χ3v) is 5.19. The Morgan fingerprint density at radius 1 is 1.14 bits per heavy atom. The monoisotopic (exact) mass is 416 g/mol. The molecular formula is C20H20N2O4S2. The second-order valence-electron chi connectivity index (χ2n) is 5.82. The van der Waals surface area contributed by atoms with E-state index >= 15 is 0 Å². The van der Waals surface area contributed by atoms with E-state index in [-0.39, 0.29) is 5.56 Å². The highest BCUT2D eigenvalue weighted by molar-refractivity contribution is 8.03. The van der Waals surface area contributed by atoms with E-state index in [9.17, 15) is 9.59 Å². The van der Waals surface area contributed by atoms with Crippen molar-refractivity contribution in [1.82, 2.24) is 0 Å². The topological polar surface area (TPSA) is 88.4 Å². The first-order valence-electron chi connectivity index (χ1n) is 8.25. The Labute approximate surface area is 172 Å². The van der Waals surface area contributed by atoms with Gasteiger partial charge < -0.3 is 14.8 Å². The number of hydrogen-bond donors (Lipinski definition) is 1. The number of methoxy groups -OCH3 is 1. The van der Waals surface area contributed by atoms with Crippen molar-refractivity contribution in [2.75, 3.05) is 25.3 Å². The molecule has 6 nitrogen and oxygen atoms in total. The number of nitrogens with one attached hydrogen (secondary N) is 1. The molecular weight excluding hydrogens is 396 g/mol. The maximum atomic E-state index is 12.3. The average Bonchev–Trinajstić information content (AvgIpc) is 2.68. The minimum Gasteiger partial charge on any atom is -0.496 e. The zero-order valence-corrected chi connectivity index (χ0v) is 17.6. The van der Waals surface area contributed by atoms with Crippen LogP contribution in [0.2, 0.25) is 0 Å². The third kappa shape index (κ3) is 5.44. The molecule has 0 atom stereocenters. The van der Waals surface area contributed by atoms with Gasteiger partial charge in [-0.3, -0.25) is 4.79 Å². The normalized spacial score (nSPS) is 10.1. The molecule has 2 rings (SSSR count). The number of thiocyanates is 1. The number of aryl methyl sites for hydroxylation is 2. The predicted octanol–water partition coefficient (Wildman–Crippen LogP) is 4.40. The summed E-state index contributed by atoms with van der Waals surface area (Å²) in [5.74, 6) is -0.677. The van der Waals surface area contributed by atoms with E-state index in [4.69, 9.17) is 14.7 Å². The van der Waals surface area contributed by atoms with Crippen LogP contribution in [0.3, 0.4) is 0 Å². The van der Waals surface area contributed by atoms with Gasteiger partial charge >= 0.3 is 5.97 Å². The first kappa shape index (κ1) is 21.7. The van der Waals surface area contributed by atoms with Gasteiger partial charge in [0.15, 0.2) is 6.61 Å². The molecule has 0 radical (unpaired) electrons. The maximum absolute atomic E-state index is 12.3. The zero-order chi connectivity index (χ0) is 20.7. The summed E-state index contributed by atoms with van der Waals surface area (Å²) in [6.07, 6.45) is 1.92. The van der Waals surface area contributed by atoms with E-state index < -0.39 is 18.5 Å². The molecule has 28 heavy (non-hydrogen) atoms. The Morgan fingerprint density at radius 2 is 1.82 bits per heavy atom. The molecule has 2 aromatic carbocycles. The van der Waals surface area contributed by atoms with E-state index in [1.54, 1.807) is 18.2 Å². The molecule has 1 N–H and O–H groups in total. The van der Waals surface area contributed by atoms with Crippen LogP contribution in [-0.2, 0) is 9.53 Å². The smallest absolute Gasteiger partial charge is 0.342 e. The number of ether oxygens (including phenoxy) is 2. The van der Waals surface area contributed by atoms with Crippen LogP contribution in [0.1, 0.15) is 21.5 Å². The minimum atomic E-state index is -0.631. The zero-order valence-electron chi connectivity index (χ0n) is 16.0. The Hall–Kier alpha value is -2.63. The van der Waals surface area contributed by atoms with Gasteiger partial charge in [0.25, 0.3) is 5.91 Å². The highest BCUT2D eigenvalue weighted by Gasteiger charge is 2.17. The fraction of sp³-hybridized carbons (Fsp3) is 0.250. The first-order valence-corrected chi connectivity index (χ1v) is 10.3. The van der Waals surface area contributed by atoms with Crippen molar-refractivity contribution < 1.29 is 19.1 Å². The molecule has 0 bridgehead atoms. The number of nitrogens with zero attached hydrogens (tertiary/aromatic N) is 1. The Balaban J connectivity index is 2.03. The number of rotatable bonds is 7. The van der Waals surface area contributed by atoms with E-state index in [0.717, 1.165) is 32.7 Å². The molecule has 0 fully saturated rings. The van der Waals surface area contributed by atoms with Crippen LogP contribution in [0.25, 0.3) is 0 Å². The maximum Gasteiger partial charge on any atom is 0.342 e. The van der Waals surface area contributed by atoms with Gasteiger partial charge in [-0.15, -0.1) is 11.8 Å². The van der Waals surface area contributed by atoms with Gasteiger partial charge in [-0.05, 0) is 73.3 Å². The van der Waals surface area contributed by atoms with E-state index in [1.165, 1.54) is 18.9 Å². The molecule has 0 aliphatic rings. The molecule has 0 unspecified atom stereocenters. The number of carbonyl (C=O) groups is 2. The number of hydrogen-bond acceptors (Lipinski definition) is 7. The molecule has 8 heteroatoms. The Kier molecular flexibility index (Phi) is 7.79. The van der Waals surface area contributed by atoms with Gasteiger partial charge in [0.1, 0.15) is 16.7 Å². The summed E-state index contributed by atoms with van der Waals surface area (Å²) < 4.78 is 10.4. The number of esters is 1. The Bertz CT molecular complexity index is 915. The summed E-state index contributed by atoms with van der Waals surface area (Å²) >= 11 is 2.59. The molecule has 0 aliphatic heterocycles. The van der Waals surface area contributed by atoms with Gasteiger partial charge in [-0.25, -0.2) is 4.79 Å². The fourth-order valence-electron chi connectivity index (χ4n) is 2.58. The van der Waals surface area contributed by atoms with Crippen LogP contribution in [0.5, 0.6) is 5.75 Å². The Morgan fingerprint density at radius 3 is 2.39 bits per heavy atom.